The number of hydrogen-bond acceptors (Lipinski definition) is 1. The van der Waals surface area contributed by atoms with Crippen LogP contribution in [-0.2, 0) is 11.0 Å². The second kappa shape index (κ2) is 7.50. The third kappa shape index (κ3) is 4.04. The van der Waals surface area contributed by atoms with Crippen LogP contribution in [0.2, 0.25) is 16.6 Å². The van der Waals surface area contributed by atoms with E-state index in [1.807, 2.05) is 0 Å². The van der Waals surface area contributed by atoms with Crippen molar-refractivity contribution in [2.75, 3.05) is 0 Å². The maximum absolute atomic E-state index is 13.6. The van der Waals surface area contributed by atoms with Gasteiger partial charge in [0.2, 0.25) is 8.32 Å². The fourth-order valence-electron chi connectivity index (χ4n) is 3.40. The van der Waals surface area contributed by atoms with E-state index in [1.165, 1.54) is 12.1 Å². The predicted molar refractivity (Wildman–Crippen MR) is 94.9 cm³/mol. The summed E-state index contributed by atoms with van der Waals surface area (Å²) in [6.07, 6.45) is 0. The Bertz CT molecular complexity index is 444. The summed E-state index contributed by atoms with van der Waals surface area (Å²) < 4.78 is 33.7. The molecule has 0 heterocycles. The molecule has 1 aromatic carbocycles. The first-order valence-corrected chi connectivity index (χ1v) is 10.6. The zero-order valence-electron chi connectivity index (χ0n) is 13.6. The first kappa shape index (κ1) is 19.0. The zero-order chi connectivity index (χ0) is 16.4. The second-order valence-corrected chi connectivity index (χ2v) is 13.0. The van der Waals surface area contributed by atoms with Crippen LogP contribution < -0.4 is 0 Å². The molecule has 0 unspecified atom stereocenters. The van der Waals surface area contributed by atoms with Gasteiger partial charge in [-0.15, -0.1) is 0 Å². The van der Waals surface area contributed by atoms with Crippen molar-refractivity contribution in [3.8, 4) is 0 Å². The number of hydrogen-bond donors (Lipinski definition) is 0. The van der Waals surface area contributed by atoms with E-state index in [9.17, 15) is 8.78 Å². The van der Waals surface area contributed by atoms with E-state index < -0.39 is 20.0 Å². The predicted octanol–water partition coefficient (Wildman–Crippen LogP) is 6.26. The summed E-state index contributed by atoms with van der Waals surface area (Å²) in [5.74, 6) is -1.03. The minimum absolute atomic E-state index is 0.0384. The molecule has 0 spiro atoms. The normalized spacial score (nSPS) is 12.8. The first-order valence-electron chi connectivity index (χ1n) is 7.40. The molecule has 0 aliphatic rings. The SMILES string of the molecule is CC(C)[Si](OCc1cc(F)c(I)c(F)c1)(C(C)C)C(C)C. The van der Waals surface area contributed by atoms with Gasteiger partial charge in [-0.1, -0.05) is 41.5 Å². The lowest BCUT2D eigenvalue weighted by Gasteiger charge is -2.42. The number of halogens is 3. The second-order valence-electron chi connectivity index (χ2n) is 6.48. The Hall–Kier alpha value is -0.0131. The Labute approximate surface area is 141 Å². The highest BCUT2D eigenvalue weighted by molar-refractivity contribution is 14.1. The van der Waals surface area contributed by atoms with Crippen LogP contribution in [0.15, 0.2) is 12.1 Å². The smallest absolute Gasteiger partial charge is 0.200 e. The molecule has 1 nitrogen and oxygen atoms in total. The van der Waals surface area contributed by atoms with Gasteiger partial charge in [-0.25, -0.2) is 8.78 Å². The third-order valence-corrected chi connectivity index (χ3v) is 11.3. The monoisotopic (exact) mass is 426 g/mol. The Kier molecular flexibility index (Phi) is 6.80. The van der Waals surface area contributed by atoms with Crippen molar-refractivity contribution < 1.29 is 13.2 Å². The average molecular weight is 426 g/mol. The summed E-state index contributed by atoms with van der Waals surface area (Å²) in [7, 11) is -2.01. The lowest BCUT2D eigenvalue weighted by molar-refractivity contribution is 0.265. The number of benzene rings is 1. The first-order chi connectivity index (χ1) is 9.62. The third-order valence-electron chi connectivity index (χ3n) is 4.24. The fraction of sp³-hybridized carbons (Fsp3) is 0.625. The van der Waals surface area contributed by atoms with Gasteiger partial charge in [-0.3, -0.25) is 0 Å². The van der Waals surface area contributed by atoms with E-state index in [-0.39, 0.29) is 10.2 Å². The van der Waals surface area contributed by atoms with Gasteiger partial charge in [0.25, 0.3) is 0 Å². The highest BCUT2D eigenvalue weighted by Gasteiger charge is 2.44. The summed E-state index contributed by atoms with van der Waals surface area (Å²) in [5, 5.41) is 0. The Morgan fingerprint density at radius 3 is 1.67 bits per heavy atom. The van der Waals surface area contributed by atoms with Crippen LogP contribution in [0.5, 0.6) is 0 Å². The van der Waals surface area contributed by atoms with Crippen LogP contribution in [-0.4, -0.2) is 8.32 Å². The largest absolute Gasteiger partial charge is 0.412 e. The minimum Gasteiger partial charge on any atom is -0.412 e. The van der Waals surface area contributed by atoms with E-state index in [0.717, 1.165) is 0 Å². The van der Waals surface area contributed by atoms with Crippen molar-refractivity contribution in [1.82, 2.24) is 0 Å². The van der Waals surface area contributed by atoms with E-state index >= 15 is 0 Å². The molecule has 1 aromatic rings. The maximum Gasteiger partial charge on any atom is 0.200 e. The molecule has 0 bridgehead atoms. The van der Waals surface area contributed by atoms with Crippen molar-refractivity contribution in [2.45, 2.75) is 64.8 Å². The lowest BCUT2D eigenvalue weighted by atomic mass is 10.2. The molecule has 0 aliphatic carbocycles. The molecule has 0 radical (unpaired) electrons. The molecular weight excluding hydrogens is 401 g/mol. The van der Waals surface area contributed by atoms with Crippen molar-refractivity contribution in [1.29, 1.82) is 0 Å². The van der Waals surface area contributed by atoms with E-state index in [1.54, 1.807) is 22.6 Å². The summed E-state index contributed by atoms with van der Waals surface area (Å²) >= 11 is 1.68. The quantitative estimate of drug-likeness (QED) is 0.296. The van der Waals surface area contributed by atoms with Gasteiger partial charge >= 0.3 is 0 Å². The van der Waals surface area contributed by atoms with Crippen LogP contribution in [0.25, 0.3) is 0 Å². The minimum atomic E-state index is -2.01. The molecule has 0 N–H and O–H groups in total. The summed E-state index contributed by atoms with van der Waals surface area (Å²) in [6.45, 7) is 13.5. The van der Waals surface area contributed by atoms with Crippen LogP contribution in [0.1, 0.15) is 47.1 Å². The summed E-state index contributed by atoms with van der Waals surface area (Å²) in [5.41, 5.74) is 1.94. The van der Waals surface area contributed by atoms with Crippen molar-refractivity contribution >= 4 is 30.9 Å². The highest BCUT2D eigenvalue weighted by Crippen LogP contribution is 2.42. The highest BCUT2D eigenvalue weighted by atomic mass is 127. The van der Waals surface area contributed by atoms with Crippen molar-refractivity contribution in [3.63, 3.8) is 0 Å². The Morgan fingerprint density at radius 1 is 0.952 bits per heavy atom. The molecule has 0 saturated heterocycles. The van der Waals surface area contributed by atoms with Gasteiger partial charge in [0, 0.05) is 0 Å². The molecule has 1 rings (SSSR count). The van der Waals surface area contributed by atoms with E-state index in [0.29, 0.717) is 22.2 Å². The van der Waals surface area contributed by atoms with Crippen molar-refractivity contribution in [3.05, 3.63) is 32.9 Å². The van der Waals surface area contributed by atoms with Gasteiger partial charge < -0.3 is 4.43 Å². The topological polar surface area (TPSA) is 9.23 Å². The van der Waals surface area contributed by atoms with Crippen LogP contribution in [0.3, 0.4) is 0 Å². The standard InChI is InChI=1S/C16H25F2IOSi/c1-10(2)21(11(3)4,12(5)6)20-9-13-7-14(17)16(19)15(18)8-13/h7-8,10-12H,9H2,1-6H3. The van der Waals surface area contributed by atoms with Gasteiger partial charge in [0.05, 0.1) is 10.2 Å². The van der Waals surface area contributed by atoms with Crippen molar-refractivity contribution in [2.24, 2.45) is 0 Å². The van der Waals surface area contributed by atoms with Gasteiger partial charge in [-0.05, 0) is 56.9 Å². The van der Waals surface area contributed by atoms with Crippen LogP contribution >= 0.6 is 22.6 Å². The zero-order valence-corrected chi connectivity index (χ0v) is 16.8. The lowest BCUT2D eigenvalue weighted by Crippen LogP contribution is -2.47. The molecule has 0 saturated carbocycles. The van der Waals surface area contributed by atoms with Crippen LogP contribution in [0, 0.1) is 15.2 Å². The molecule has 21 heavy (non-hydrogen) atoms. The molecule has 0 fully saturated rings. The molecule has 0 aliphatic heterocycles. The molecular formula is C16H25F2IOSi. The van der Waals surface area contributed by atoms with E-state index in [4.69, 9.17) is 4.43 Å². The molecule has 120 valence electrons. The number of rotatable bonds is 6. The molecule has 5 heteroatoms. The maximum atomic E-state index is 13.6. The summed E-state index contributed by atoms with van der Waals surface area (Å²) in [6, 6.07) is 2.76. The molecule has 0 amide bonds. The molecule has 0 aromatic heterocycles. The summed E-state index contributed by atoms with van der Waals surface area (Å²) in [4.78, 5) is 0. The van der Waals surface area contributed by atoms with E-state index in [2.05, 4.69) is 41.5 Å². The fourth-order valence-corrected chi connectivity index (χ4v) is 9.13. The molecule has 0 atom stereocenters. The average Bonchev–Trinajstić information content (AvgIpc) is 2.35. The van der Waals surface area contributed by atoms with Crippen LogP contribution in [0.4, 0.5) is 8.78 Å². The van der Waals surface area contributed by atoms with Gasteiger partial charge in [0.15, 0.2) is 0 Å². The van der Waals surface area contributed by atoms with Gasteiger partial charge in [-0.2, -0.15) is 0 Å². The Balaban J connectivity index is 3.02. The van der Waals surface area contributed by atoms with Gasteiger partial charge in [0.1, 0.15) is 11.6 Å². The Morgan fingerprint density at radius 2 is 1.33 bits per heavy atom.